The molecule has 0 radical (unpaired) electrons. The molecule has 0 aliphatic heterocycles. The second kappa shape index (κ2) is 5.92. The first-order valence-corrected chi connectivity index (χ1v) is 6.85. The summed E-state index contributed by atoms with van der Waals surface area (Å²) in [4.78, 5) is 26.3. The minimum Gasteiger partial charge on any atom is -0.465 e. The first-order valence-electron chi connectivity index (χ1n) is 6.85. The van der Waals surface area contributed by atoms with Crippen LogP contribution in [0.5, 0.6) is 0 Å². The van der Waals surface area contributed by atoms with Gasteiger partial charge in [-0.15, -0.1) is 0 Å². The summed E-state index contributed by atoms with van der Waals surface area (Å²) in [5, 5.41) is 3.30. The van der Waals surface area contributed by atoms with Crippen LogP contribution in [0.25, 0.3) is 10.9 Å². The molecule has 0 saturated heterocycles. The van der Waals surface area contributed by atoms with Crippen LogP contribution >= 0.6 is 0 Å². The quantitative estimate of drug-likeness (QED) is 0.729. The Morgan fingerprint density at radius 1 is 1.13 bits per heavy atom. The molecule has 1 heterocycles. The molecule has 3 aromatic rings. The van der Waals surface area contributed by atoms with Gasteiger partial charge in [-0.2, -0.15) is 0 Å². The topological polar surface area (TPSA) is 71.2 Å². The molecular formula is C17H13FN2O3. The molecule has 0 aliphatic rings. The number of halogens is 1. The van der Waals surface area contributed by atoms with Gasteiger partial charge in [0, 0.05) is 11.1 Å². The van der Waals surface area contributed by atoms with E-state index in [1.54, 1.807) is 42.5 Å². The fourth-order valence-electron chi connectivity index (χ4n) is 2.25. The van der Waals surface area contributed by atoms with Crippen molar-refractivity contribution in [3.05, 3.63) is 65.6 Å². The van der Waals surface area contributed by atoms with Crippen molar-refractivity contribution in [1.82, 2.24) is 4.98 Å². The van der Waals surface area contributed by atoms with Crippen LogP contribution in [0, 0.1) is 5.82 Å². The second-order valence-corrected chi connectivity index (χ2v) is 4.91. The van der Waals surface area contributed by atoms with Crippen LogP contribution in [-0.2, 0) is 4.74 Å². The van der Waals surface area contributed by atoms with E-state index in [9.17, 15) is 14.0 Å². The molecule has 0 saturated carbocycles. The number of carbonyl (C=O) groups excluding carboxylic acids is 2. The Morgan fingerprint density at radius 3 is 2.52 bits per heavy atom. The van der Waals surface area contributed by atoms with Crippen LogP contribution in [0.3, 0.4) is 0 Å². The van der Waals surface area contributed by atoms with E-state index >= 15 is 0 Å². The minimum absolute atomic E-state index is 0.252. The van der Waals surface area contributed by atoms with E-state index in [0.717, 1.165) is 0 Å². The summed E-state index contributed by atoms with van der Waals surface area (Å²) in [7, 11) is 1.30. The highest BCUT2D eigenvalue weighted by Crippen LogP contribution is 2.19. The number of aromatic amines is 1. The average molecular weight is 312 g/mol. The summed E-state index contributed by atoms with van der Waals surface area (Å²) in [5.74, 6) is -1.26. The predicted octanol–water partition coefficient (Wildman–Crippen LogP) is 3.35. The largest absolute Gasteiger partial charge is 0.465 e. The van der Waals surface area contributed by atoms with Crippen molar-refractivity contribution >= 4 is 28.5 Å². The number of H-pyrrole nitrogens is 1. The molecule has 0 atom stereocenters. The molecule has 2 N–H and O–H groups in total. The van der Waals surface area contributed by atoms with Gasteiger partial charge in [-0.05, 0) is 36.4 Å². The number of esters is 1. The molecule has 6 heteroatoms. The van der Waals surface area contributed by atoms with E-state index in [0.29, 0.717) is 22.2 Å². The second-order valence-electron chi connectivity index (χ2n) is 4.91. The maximum Gasteiger partial charge on any atom is 0.337 e. The number of hydrogen-bond acceptors (Lipinski definition) is 3. The van der Waals surface area contributed by atoms with E-state index in [2.05, 4.69) is 15.0 Å². The number of ether oxygens (including phenoxy) is 1. The predicted molar refractivity (Wildman–Crippen MR) is 84.0 cm³/mol. The lowest BCUT2D eigenvalue weighted by atomic mass is 10.2. The zero-order valence-corrected chi connectivity index (χ0v) is 12.2. The van der Waals surface area contributed by atoms with Crippen molar-refractivity contribution in [3.8, 4) is 0 Å². The highest BCUT2D eigenvalue weighted by atomic mass is 19.1. The number of rotatable bonds is 3. The van der Waals surface area contributed by atoms with Crippen molar-refractivity contribution in [2.45, 2.75) is 0 Å². The number of amides is 1. The molecule has 1 aromatic heterocycles. The lowest BCUT2D eigenvalue weighted by Gasteiger charge is -2.04. The summed E-state index contributed by atoms with van der Waals surface area (Å²) >= 11 is 0. The van der Waals surface area contributed by atoms with Crippen molar-refractivity contribution in [3.63, 3.8) is 0 Å². The molecule has 0 bridgehead atoms. The van der Waals surface area contributed by atoms with E-state index in [1.807, 2.05) is 0 Å². The summed E-state index contributed by atoms with van der Waals surface area (Å²) in [6.07, 6.45) is 0. The Balaban J connectivity index is 1.80. The van der Waals surface area contributed by atoms with E-state index < -0.39 is 17.7 Å². The first-order chi connectivity index (χ1) is 11.1. The maximum atomic E-state index is 13.6. The van der Waals surface area contributed by atoms with Crippen LogP contribution in [0.2, 0.25) is 0 Å². The van der Waals surface area contributed by atoms with E-state index in [1.165, 1.54) is 13.2 Å². The maximum absolute atomic E-state index is 13.6. The molecule has 0 aliphatic carbocycles. The van der Waals surface area contributed by atoms with Crippen LogP contribution in [0.15, 0.2) is 48.5 Å². The van der Waals surface area contributed by atoms with Gasteiger partial charge >= 0.3 is 5.97 Å². The number of benzene rings is 2. The van der Waals surface area contributed by atoms with E-state index in [4.69, 9.17) is 0 Å². The Hall–Kier alpha value is -3.15. The molecule has 116 valence electrons. The van der Waals surface area contributed by atoms with Crippen molar-refractivity contribution in [2.24, 2.45) is 0 Å². The smallest absolute Gasteiger partial charge is 0.337 e. The third-order valence-corrected chi connectivity index (χ3v) is 3.41. The van der Waals surface area contributed by atoms with Crippen LogP contribution < -0.4 is 5.32 Å². The van der Waals surface area contributed by atoms with Gasteiger partial charge in [0.15, 0.2) is 0 Å². The molecule has 3 rings (SSSR count). The summed E-state index contributed by atoms with van der Waals surface area (Å²) < 4.78 is 18.2. The summed E-state index contributed by atoms with van der Waals surface area (Å²) in [5.41, 5.74) is 1.45. The summed E-state index contributed by atoms with van der Waals surface area (Å²) in [6.45, 7) is 0. The number of aromatic nitrogens is 1. The Bertz CT molecular complexity index is 884. The Kier molecular flexibility index (Phi) is 3.80. The Morgan fingerprint density at radius 2 is 1.87 bits per heavy atom. The van der Waals surface area contributed by atoms with Gasteiger partial charge in [-0.25, -0.2) is 9.18 Å². The number of hydrogen-bond donors (Lipinski definition) is 2. The van der Waals surface area contributed by atoms with Gasteiger partial charge in [0.2, 0.25) is 0 Å². The number of fused-ring (bicyclic) bond motifs is 1. The van der Waals surface area contributed by atoms with Gasteiger partial charge < -0.3 is 15.0 Å². The van der Waals surface area contributed by atoms with E-state index in [-0.39, 0.29) is 5.69 Å². The monoisotopic (exact) mass is 312 g/mol. The standard InChI is InChI=1S/C17H13FN2O3/c1-23-17(22)10-5-7-12(8-6-10)19-16(21)14-9-11-3-2-4-13(18)15(11)20-14/h2-9,20H,1H3,(H,19,21). The molecule has 0 unspecified atom stereocenters. The third kappa shape index (κ3) is 2.91. The highest BCUT2D eigenvalue weighted by molar-refractivity contribution is 6.06. The fourth-order valence-corrected chi connectivity index (χ4v) is 2.25. The normalized spacial score (nSPS) is 10.5. The molecule has 5 nitrogen and oxygen atoms in total. The molecule has 1 amide bonds. The third-order valence-electron chi connectivity index (χ3n) is 3.41. The fraction of sp³-hybridized carbons (Fsp3) is 0.0588. The van der Waals surface area contributed by atoms with Crippen molar-refractivity contribution in [2.75, 3.05) is 12.4 Å². The number of nitrogens with one attached hydrogen (secondary N) is 2. The van der Waals surface area contributed by atoms with Gasteiger partial charge in [0.1, 0.15) is 11.5 Å². The minimum atomic E-state index is -0.450. The van der Waals surface area contributed by atoms with Crippen LogP contribution in [0.4, 0.5) is 10.1 Å². The average Bonchev–Trinajstić information content (AvgIpc) is 3.00. The summed E-state index contributed by atoms with van der Waals surface area (Å²) in [6, 6.07) is 12.5. The van der Waals surface area contributed by atoms with Gasteiger partial charge in [0.25, 0.3) is 5.91 Å². The highest BCUT2D eigenvalue weighted by Gasteiger charge is 2.12. The van der Waals surface area contributed by atoms with Crippen LogP contribution in [-0.4, -0.2) is 24.0 Å². The van der Waals surface area contributed by atoms with Crippen LogP contribution in [0.1, 0.15) is 20.8 Å². The Labute approximate surface area is 131 Å². The molecule has 0 spiro atoms. The SMILES string of the molecule is COC(=O)c1ccc(NC(=O)c2cc3cccc(F)c3[nH]2)cc1. The zero-order chi connectivity index (χ0) is 16.4. The van der Waals surface area contributed by atoms with Gasteiger partial charge in [0.05, 0.1) is 18.2 Å². The number of anilines is 1. The lowest BCUT2D eigenvalue weighted by Crippen LogP contribution is -2.12. The zero-order valence-electron chi connectivity index (χ0n) is 12.2. The first kappa shape index (κ1) is 14.8. The van der Waals surface area contributed by atoms with Gasteiger partial charge in [-0.1, -0.05) is 12.1 Å². The van der Waals surface area contributed by atoms with Gasteiger partial charge in [-0.3, -0.25) is 4.79 Å². The number of methoxy groups -OCH3 is 1. The van der Waals surface area contributed by atoms with Crippen molar-refractivity contribution in [1.29, 1.82) is 0 Å². The number of carbonyl (C=O) groups is 2. The molecule has 0 fully saturated rings. The van der Waals surface area contributed by atoms with Crippen molar-refractivity contribution < 1.29 is 18.7 Å². The number of para-hydroxylation sites is 1. The lowest BCUT2D eigenvalue weighted by molar-refractivity contribution is 0.0600. The molecular weight excluding hydrogens is 299 g/mol. The molecule has 2 aromatic carbocycles. The molecule has 23 heavy (non-hydrogen) atoms.